The summed E-state index contributed by atoms with van der Waals surface area (Å²) in [7, 11) is 0. The van der Waals surface area contributed by atoms with E-state index in [0.29, 0.717) is 23.4 Å². The summed E-state index contributed by atoms with van der Waals surface area (Å²) in [6.07, 6.45) is 0.409. The second-order valence-electron chi connectivity index (χ2n) is 6.39. The van der Waals surface area contributed by atoms with E-state index in [1.54, 1.807) is 12.1 Å². The fourth-order valence-corrected chi connectivity index (χ4v) is 4.28. The van der Waals surface area contributed by atoms with Crippen LogP contribution in [0.3, 0.4) is 0 Å². The summed E-state index contributed by atoms with van der Waals surface area (Å²) in [6, 6.07) is 11.9. The lowest BCUT2D eigenvalue weighted by molar-refractivity contribution is -0.119. The van der Waals surface area contributed by atoms with Crippen LogP contribution in [0.15, 0.2) is 47.4 Å². The smallest absolute Gasteiger partial charge is 0.259 e. The first kappa shape index (κ1) is 16.7. The number of nitrogens with two attached hydrogens (primary N) is 1. The molecule has 4 rings (SSSR count). The van der Waals surface area contributed by atoms with E-state index >= 15 is 0 Å². The van der Waals surface area contributed by atoms with Gasteiger partial charge in [0.1, 0.15) is 6.04 Å². The molecule has 0 bridgehead atoms. The minimum Gasteiger partial charge on any atom is -0.368 e. The number of carbonyl (C=O) groups excluding carboxylic acids is 3. The molecule has 26 heavy (non-hydrogen) atoms. The number of anilines is 2. The summed E-state index contributed by atoms with van der Waals surface area (Å²) in [5.74, 6) is -0.932. The highest BCUT2D eigenvalue weighted by molar-refractivity contribution is 8.00. The highest BCUT2D eigenvalue weighted by Crippen LogP contribution is 2.38. The first-order valence-corrected chi connectivity index (χ1v) is 9.16. The Morgan fingerprint density at radius 1 is 1.23 bits per heavy atom. The fraction of sp³-hybridized carbons (Fsp3) is 0.211. The molecule has 2 aromatic rings. The third-order valence-corrected chi connectivity index (χ3v) is 5.86. The fourth-order valence-electron chi connectivity index (χ4n) is 3.35. The maximum Gasteiger partial charge on any atom is 0.259 e. The Morgan fingerprint density at radius 3 is 2.77 bits per heavy atom. The van der Waals surface area contributed by atoms with Crippen LogP contribution in [0.4, 0.5) is 11.4 Å². The quantitative estimate of drug-likeness (QED) is 0.851. The van der Waals surface area contributed by atoms with Crippen LogP contribution in [0.2, 0.25) is 0 Å². The van der Waals surface area contributed by atoms with Crippen LogP contribution in [0, 0.1) is 0 Å². The number of primary amides is 1. The van der Waals surface area contributed by atoms with E-state index in [9.17, 15) is 14.4 Å². The number of hydrogen-bond acceptors (Lipinski definition) is 4. The molecule has 2 aromatic carbocycles. The van der Waals surface area contributed by atoms with Gasteiger partial charge in [0.05, 0.1) is 10.9 Å². The van der Waals surface area contributed by atoms with Crippen molar-refractivity contribution in [2.45, 2.75) is 29.5 Å². The molecule has 0 radical (unpaired) electrons. The predicted octanol–water partition coefficient (Wildman–Crippen LogP) is 2.18. The second-order valence-corrected chi connectivity index (χ2v) is 7.77. The zero-order valence-electron chi connectivity index (χ0n) is 14.1. The van der Waals surface area contributed by atoms with Gasteiger partial charge >= 0.3 is 0 Å². The Labute approximate surface area is 154 Å². The van der Waals surface area contributed by atoms with Gasteiger partial charge in [-0.3, -0.25) is 19.3 Å². The maximum atomic E-state index is 13.2. The monoisotopic (exact) mass is 367 g/mol. The van der Waals surface area contributed by atoms with Crippen molar-refractivity contribution in [2.24, 2.45) is 5.73 Å². The molecule has 0 aliphatic carbocycles. The van der Waals surface area contributed by atoms with Crippen molar-refractivity contribution in [1.29, 1.82) is 0 Å². The lowest BCUT2D eigenvalue weighted by Crippen LogP contribution is -2.46. The van der Waals surface area contributed by atoms with Crippen LogP contribution < -0.4 is 16.0 Å². The van der Waals surface area contributed by atoms with Gasteiger partial charge in [-0.05, 0) is 36.8 Å². The number of hydrogen-bond donors (Lipinski definition) is 2. The number of thioether (sulfide) groups is 1. The number of carbonyl (C=O) groups is 3. The molecule has 0 aromatic heterocycles. The molecule has 2 aliphatic rings. The van der Waals surface area contributed by atoms with Crippen molar-refractivity contribution < 1.29 is 14.4 Å². The summed E-state index contributed by atoms with van der Waals surface area (Å²) in [6.45, 7) is 1.83. The molecule has 7 heteroatoms. The summed E-state index contributed by atoms with van der Waals surface area (Å²) in [4.78, 5) is 39.3. The van der Waals surface area contributed by atoms with Crippen LogP contribution in [0.1, 0.15) is 22.8 Å². The van der Waals surface area contributed by atoms with Crippen molar-refractivity contribution in [3.8, 4) is 0 Å². The van der Waals surface area contributed by atoms with Gasteiger partial charge in [0, 0.05) is 22.6 Å². The molecular formula is C19H17N3O3S. The number of amides is 3. The van der Waals surface area contributed by atoms with Gasteiger partial charge < -0.3 is 11.1 Å². The molecule has 0 fully saturated rings. The van der Waals surface area contributed by atoms with Crippen LogP contribution in [0.25, 0.3) is 0 Å². The van der Waals surface area contributed by atoms with Gasteiger partial charge in [-0.25, -0.2) is 0 Å². The van der Waals surface area contributed by atoms with Crippen molar-refractivity contribution in [2.75, 3.05) is 10.2 Å². The van der Waals surface area contributed by atoms with Gasteiger partial charge in [0.2, 0.25) is 11.8 Å². The number of benzene rings is 2. The molecule has 0 saturated carbocycles. The van der Waals surface area contributed by atoms with Gasteiger partial charge in [-0.15, -0.1) is 11.8 Å². The number of rotatable bonds is 2. The van der Waals surface area contributed by atoms with E-state index in [1.165, 1.54) is 16.7 Å². The first-order chi connectivity index (χ1) is 12.5. The topological polar surface area (TPSA) is 92.5 Å². The van der Waals surface area contributed by atoms with Crippen molar-refractivity contribution in [1.82, 2.24) is 0 Å². The minimum absolute atomic E-state index is 0.0892. The van der Waals surface area contributed by atoms with Gasteiger partial charge in [-0.2, -0.15) is 0 Å². The molecular weight excluding hydrogens is 350 g/mol. The standard InChI is InChI=1S/C19H17N3O3S/c1-10-18(24)21-13-8-12(6-7-16(13)26-10)19(25)22-14-5-3-2-4-11(14)9-15(22)17(20)23/h2-8,10,15H,9H2,1H3,(H2,20,23)(H,21,24)/t10?,15-/m0/s1. The van der Waals surface area contributed by atoms with Gasteiger partial charge in [0.25, 0.3) is 5.91 Å². The van der Waals surface area contributed by atoms with E-state index in [1.807, 2.05) is 37.3 Å². The average molecular weight is 367 g/mol. The highest BCUT2D eigenvalue weighted by Gasteiger charge is 2.37. The van der Waals surface area contributed by atoms with Gasteiger partial charge in [-0.1, -0.05) is 18.2 Å². The van der Waals surface area contributed by atoms with Crippen LogP contribution >= 0.6 is 11.8 Å². The van der Waals surface area contributed by atoms with Crippen LogP contribution in [-0.4, -0.2) is 29.0 Å². The molecule has 1 unspecified atom stereocenters. The Bertz CT molecular complexity index is 943. The normalized spacial score (nSPS) is 21.0. The molecule has 132 valence electrons. The summed E-state index contributed by atoms with van der Waals surface area (Å²) in [5, 5.41) is 2.65. The summed E-state index contributed by atoms with van der Waals surface area (Å²) >= 11 is 1.46. The second kappa shape index (κ2) is 6.17. The lowest BCUT2D eigenvalue weighted by Gasteiger charge is -2.25. The third-order valence-electron chi connectivity index (χ3n) is 4.68. The number of nitrogens with one attached hydrogen (secondary N) is 1. The molecule has 0 spiro atoms. The zero-order valence-corrected chi connectivity index (χ0v) is 14.9. The molecule has 2 atom stereocenters. The van der Waals surface area contributed by atoms with E-state index < -0.39 is 11.9 Å². The largest absolute Gasteiger partial charge is 0.368 e. The van der Waals surface area contributed by atoms with Crippen LogP contribution in [0.5, 0.6) is 0 Å². The zero-order chi connectivity index (χ0) is 18.4. The molecule has 2 aliphatic heterocycles. The number of nitrogens with zero attached hydrogens (tertiary/aromatic N) is 1. The molecule has 3 amide bonds. The molecule has 2 heterocycles. The van der Waals surface area contributed by atoms with Crippen molar-refractivity contribution >= 4 is 40.9 Å². The van der Waals surface area contributed by atoms with E-state index in [0.717, 1.165) is 10.5 Å². The Balaban J connectivity index is 1.72. The Hall–Kier alpha value is -2.80. The molecule has 6 nitrogen and oxygen atoms in total. The lowest BCUT2D eigenvalue weighted by atomic mass is 10.1. The summed E-state index contributed by atoms with van der Waals surface area (Å²) < 4.78 is 0. The SMILES string of the molecule is CC1Sc2ccc(C(=O)N3c4ccccc4C[C@H]3C(N)=O)cc2NC1=O. The van der Waals surface area contributed by atoms with Crippen molar-refractivity contribution in [3.63, 3.8) is 0 Å². The average Bonchev–Trinajstić information content (AvgIpc) is 3.01. The highest BCUT2D eigenvalue weighted by atomic mass is 32.2. The Kier molecular flexibility index (Phi) is 3.96. The van der Waals surface area contributed by atoms with Crippen LogP contribution in [-0.2, 0) is 16.0 Å². The maximum absolute atomic E-state index is 13.2. The third kappa shape index (κ3) is 2.64. The Morgan fingerprint density at radius 2 is 2.00 bits per heavy atom. The van der Waals surface area contributed by atoms with Gasteiger partial charge in [0.15, 0.2) is 0 Å². The first-order valence-electron chi connectivity index (χ1n) is 8.28. The molecule has 3 N–H and O–H groups in total. The van der Waals surface area contributed by atoms with E-state index in [4.69, 9.17) is 5.73 Å². The number of fused-ring (bicyclic) bond motifs is 2. The minimum atomic E-state index is -0.708. The number of para-hydroxylation sites is 1. The van der Waals surface area contributed by atoms with Crippen molar-refractivity contribution in [3.05, 3.63) is 53.6 Å². The summed E-state index contributed by atoms with van der Waals surface area (Å²) in [5.41, 5.74) is 8.17. The predicted molar refractivity (Wildman–Crippen MR) is 100 cm³/mol. The molecule has 0 saturated heterocycles. The van der Waals surface area contributed by atoms with E-state index in [-0.39, 0.29) is 17.1 Å². The van der Waals surface area contributed by atoms with E-state index in [2.05, 4.69) is 5.32 Å².